The molecule has 0 spiro atoms. The van der Waals surface area contributed by atoms with Crippen LogP contribution in [0.15, 0.2) is 12.3 Å². The Hall–Kier alpha value is -2.63. The van der Waals surface area contributed by atoms with Crippen LogP contribution < -0.4 is 4.90 Å². The van der Waals surface area contributed by atoms with E-state index in [1.807, 2.05) is 11.0 Å². The second-order valence-electron chi connectivity index (χ2n) is 5.71. The molecule has 0 bridgehead atoms. The summed E-state index contributed by atoms with van der Waals surface area (Å²) in [6.45, 7) is 2.99. The minimum Gasteiger partial charge on any atom is -0.356 e. The number of nitriles is 1. The molecule has 3 rings (SSSR count). The normalized spacial score (nSPS) is 16.2. The highest BCUT2D eigenvalue weighted by molar-refractivity contribution is 5.43. The lowest BCUT2D eigenvalue weighted by Gasteiger charge is -2.32. The third-order valence-electron chi connectivity index (χ3n) is 4.05. The van der Waals surface area contributed by atoms with Gasteiger partial charge in [-0.2, -0.15) is 18.4 Å². The molecule has 0 radical (unpaired) electrons. The summed E-state index contributed by atoms with van der Waals surface area (Å²) in [5.74, 6) is 1.52. The summed E-state index contributed by atoms with van der Waals surface area (Å²) in [6, 6.07) is 3.63. The maximum atomic E-state index is 12.6. The van der Waals surface area contributed by atoms with Crippen molar-refractivity contribution in [2.75, 3.05) is 18.0 Å². The monoisotopic (exact) mass is 336 g/mol. The molecule has 2 aromatic rings. The first-order valence-corrected chi connectivity index (χ1v) is 7.49. The predicted octanol–water partition coefficient (Wildman–Crippen LogP) is 2.78. The first-order chi connectivity index (χ1) is 11.4. The number of nitrogens with one attached hydrogen (secondary N) is 1. The molecule has 0 amide bonds. The Balaban J connectivity index is 1.69. The Bertz CT molecular complexity index is 768. The van der Waals surface area contributed by atoms with E-state index in [9.17, 15) is 13.2 Å². The standard InChI is InChI=1S/C15H15F3N6/c1-9-21-11(7-19)6-13(22-9)24-4-2-10(3-5-24)14-20-8-12(23-14)15(16,17)18/h6,8,10H,2-5H2,1H3,(H,20,23). The fourth-order valence-corrected chi connectivity index (χ4v) is 2.84. The van der Waals surface area contributed by atoms with Crippen LogP contribution in [0.3, 0.4) is 0 Å². The molecule has 1 fully saturated rings. The van der Waals surface area contributed by atoms with Gasteiger partial charge in [0.05, 0.1) is 6.20 Å². The fourth-order valence-electron chi connectivity index (χ4n) is 2.84. The van der Waals surface area contributed by atoms with Gasteiger partial charge in [-0.15, -0.1) is 0 Å². The molecule has 126 valence electrons. The molecule has 0 aliphatic carbocycles. The molecule has 0 aromatic carbocycles. The zero-order chi connectivity index (χ0) is 17.3. The van der Waals surface area contributed by atoms with Crippen molar-refractivity contribution in [3.05, 3.63) is 35.3 Å². The number of rotatable bonds is 2. The van der Waals surface area contributed by atoms with E-state index in [2.05, 4.69) is 19.9 Å². The van der Waals surface area contributed by atoms with Crippen molar-refractivity contribution < 1.29 is 13.2 Å². The molecule has 24 heavy (non-hydrogen) atoms. The molecular weight excluding hydrogens is 321 g/mol. The van der Waals surface area contributed by atoms with Crippen LogP contribution in [0.2, 0.25) is 0 Å². The summed E-state index contributed by atoms with van der Waals surface area (Å²) in [6.07, 6.45) is -2.24. The summed E-state index contributed by atoms with van der Waals surface area (Å²) in [7, 11) is 0. The number of alkyl halides is 3. The molecule has 0 unspecified atom stereocenters. The van der Waals surface area contributed by atoms with Gasteiger partial charge in [-0.3, -0.25) is 0 Å². The number of halogens is 3. The van der Waals surface area contributed by atoms with Crippen molar-refractivity contribution in [3.63, 3.8) is 0 Å². The van der Waals surface area contributed by atoms with Crippen LogP contribution in [0.1, 0.15) is 41.8 Å². The predicted molar refractivity (Wildman–Crippen MR) is 79.3 cm³/mol. The minimum atomic E-state index is -4.40. The van der Waals surface area contributed by atoms with Gasteiger partial charge >= 0.3 is 6.18 Å². The van der Waals surface area contributed by atoms with Gasteiger partial charge < -0.3 is 9.88 Å². The largest absolute Gasteiger partial charge is 0.432 e. The molecular formula is C15H15F3N6. The molecule has 0 atom stereocenters. The second kappa shape index (κ2) is 6.11. The second-order valence-corrected chi connectivity index (χ2v) is 5.71. The van der Waals surface area contributed by atoms with Gasteiger partial charge in [0.2, 0.25) is 0 Å². The van der Waals surface area contributed by atoms with Crippen LogP contribution in [-0.2, 0) is 6.18 Å². The molecule has 2 aromatic heterocycles. The van der Waals surface area contributed by atoms with Crippen molar-refractivity contribution in [1.82, 2.24) is 19.9 Å². The number of nitrogens with zero attached hydrogens (tertiary/aromatic N) is 5. The van der Waals surface area contributed by atoms with E-state index in [1.165, 1.54) is 0 Å². The zero-order valence-electron chi connectivity index (χ0n) is 12.9. The first-order valence-electron chi connectivity index (χ1n) is 7.49. The van der Waals surface area contributed by atoms with E-state index in [1.54, 1.807) is 13.0 Å². The van der Waals surface area contributed by atoms with E-state index >= 15 is 0 Å². The van der Waals surface area contributed by atoms with Gasteiger partial charge in [0.25, 0.3) is 0 Å². The van der Waals surface area contributed by atoms with Crippen LogP contribution in [0.25, 0.3) is 0 Å². The van der Waals surface area contributed by atoms with E-state index < -0.39 is 11.9 Å². The number of piperidine rings is 1. The SMILES string of the molecule is Cc1nc(C#N)cc(N2CCC(c3ncc(C(F)(F)F)[nH]3)CC2)n1. The average Bonchev–Trinajstić information content (AvgIpc) is 3.04. The van der Waals surface area contributed by atoms with Gasteiger partial charge in [-0.05, 0) is 19.8 Å². The minimum absolute atomic E-state index is 0.0456. The summed E-state index contributed by atoms with van der Waals surface area (Å²) < 4.78 is 37.9. The van der Waals surface area contributed by atoms with Crippen LogP contribution in [-0.4, -0.2) is 33.0 Å². The van der Waals surface area contributed by atoms with Gasteiger partial charge in [-0.25, -0.2) is 15.0 Å². The quantitative estimate of drug-likeness (QED) is 0.912. The lowest BCUT2D eigenvalue weighted by atomic mass is 9.96. The number of imidazole rings is 1. The van der Waals surface area contributed by atoms with Gasteiger partial charge in [0.1, 0.15) is 34.9 Å². The third-order valence-corrected chi connectivity index (χ3v) is 4.05. The third kappa shape index (κ3) is 3.32. The highest BCUT2D eigenvalue weighted by Crippen LogP contribution is 2.32. The molecule has 3 heterocycles. The Morgan fingerprint density at radius 3 is 2.58 bits per heavy atom. The van der Waals surface area contributed by atoms with Gasteiger partial charge in [0, 0.05) is 25.1 Å². The molecule has 0 saturated carbocycles. The van der Waals surface area contributed by atoms with Crippen molar-refractivity contribution in [3.8, 4) is 6.07 Å². The highest BCUT2D eigenvalue weighted by atomic mass is 19.4. The Labute approximate surface area is 136 Å². The Morgan fingerprint density at radius 2 is 2.00 bits per heavy atom. The highest BCUT2D eigenvalue weighted by Gasteiger charge is 2.34. The lowest BCUT2D eigenvalue weighted by molar-refractivity contribution is -0.141. The Kier molecular flexibility index (Phi) is 4.13. The average molecular weight is 336 g/mol. The number of aromatic amines is 1. The van der Waals surface area contributed by atoms with E-state index in [-0.39, 0.29) is 5.92 Å². The molecule has 1 aliphatic heterocycles. The maximum Gasteiger partial charge on any atom is 0.432 e. The topological polar surface area (TPSA) is 81.5 Å². The number of hydrogen-bond acceptors (Lipinski definition) is 5. The molecule has 1 saturated heterocycles. The number of anilines is 1. The smallest absolute Gasteiger partial charge is 0.356 e. The van der Waals surface area contributed by atoms with Crippen molar-refractivity contribution in [2.45, 2.75) is 31.9 Å². The number of aryl methyl sites for hydroxylation is 1. The van der Waals surface area contributed by atoms with Crippen molar-refractivity contribution in [1.29, 1.82) is 5.26 Å². The molecule has 9 heteroatoms. The van der Waals surface area contributed by atoms with Crippen LogP contribution >= 0.6 is 0 Å². The van der Waals surface area contributed by atoms with Crippen LogP contribution in [0.4, 0.5) is 19.0 Å². The number of aromatic nitrogens is 4. The summed E-state index contributed by atoms with van der Waals surface area (Å²) in [5.41, 5.74) is -0.509. The fraction of sp³-hybridized carbons (Fsp3) is 0.467. The Morgan fingerprint density at radius 1 is 1.29 bits per heavy atom. The van der Waals surface area contributed by atoms with Crippen LogP contribution in [0, 0.1) is 18.3 Å². The van der Waals surface area contributed by atoms with Crippen molar-refractivity contribution in [2.24, 2.45) is 0 Å². The van der Waals surface area contributed by atoms with E-state index in [0.717, 1.165) is 6.20 Å². The molecule has 1 N–H and O–H groups in total. The summed E-state index contributed by atoms with van der Waals surface area (Å²) in [5, 5.41) is 8.98. The van der Waals surface area contributed by atoms with E-state index in [4.69, 9.17) is 5.26 Å². The van der Waals surface area contributed by atoms with Crippen LogP contribution in [0.5, 0.6) is 0 Å². The molecule has 6 nitrogen and oxygen atoms in total. The summed E-state index contributed by atoms with van der Waals surface area (Å²) >= 11 is 0. The lowest BCUT2D eigenvalue weighted by Crippen LogP contribution is -2.34. The zero-order valence-corrected chi connectivity index (χ0v) is 12.9. The first kappa shape index (κ1) is 16.2. The number of hydrogen-bond donors (Lipinski definition) is 1. The van der Waals surface area contributed by atoms with E-state index in [0.29, 0.717) is 49.1 Å². The van der Waals surface area contributed by atoms with Gasteiger partial charge in [0.15, 0.2) is 0 Å². The molecule has 1 aliphatic rings. The van der Waals surface area contributed by atoms with Gasteiger partial charge in [-0.1, -0.05) is 0 Å². The van der Waals surface area contributed by atoms with Crippen molar-refractivity contribution >= 4 is 5.82 Å². The number of H-pyrrole nitrogens is 1. The summed E-state index contributed by atoms with van der Waals surface area (Å²) in [4.78, 5) is 16.6. The maximum absolute atomic E-state index is 12.6.